The van der Waals surface area contributed by atoms with Crippen molar-refractivity contribution in [2.75, 3.05) is 5.32 Å². The third kappa shape index (κ3) is 3.20. The molecule has 1 atom stereocenters. The molecule has 1 aliphatic carbocycles. The Morgan fingerprint density at radius 2 is 2.33 bits per heavy atom. The first-order chi connectivity index (χ1) is 7.24. The molecule has 1 aromatic rings. The molecule has 15 heavy (non-hydrogen) atoms. The minimum Gasteiger partial charge on any atom is -0.381 e. The minimum atomic E-state index is 0.548. The standard InChI is InChI=1S/C12H17BrN2/c1-9(5-10-3-2-4-10)15-12-6-11(13)7-14-8-12/h6-10,15H,2-5H2,1H3. The van der Waals surface area contributed by atoms with Gasteiger partial charge in [-0.2, -0.15) is 0 Å². The highest BCUT2D eigenvalue weighted by Crippen LogP contribution is 2.31. The van der Waals surface area contributed by atoms with Crippen LogP contribution in [0.15, 0.2) is 22.9 Å². The Balaban J connectivity index is 1.84. The summed E-state index contributed by atoms with van der Waals surface area (Å²) in [6.45, 7) is 2.25. The highest BCUT2D eigenvalue weighted by Gasteiger charge is 2.19. The van der Waals surface area contributed by atoms with Crippen molar-refractivity contribution in [2.45, 2.75) is 38.6 Å². The predicted octanol–water partition coefficient (Wildman–Crippen LogP) is 3.83. The molecule has 1 saturated carbocycles. The number of halogens is 1. The summed E-state index contributed by atoms with van der Waals surface area (Å²) in [6, 6.07) is 2.62. The number of pyridine rings is 1. The fourth-order valence-electron chi connectivity index (χ4n) is 2.06. The third-order valence-corrected chi connectivity index (χ3v) is 3.46. The van der Waals surface area contributed by atoms with Crippen LogP contribution in [0.5, 0.6) is 0 Å². The van der Waals surface area contributed by atoms with Crippen LogP contribution in [0.3, 0.4) is 0 Å². The van der Waals surface area contributed by atoms with Gasteiger partial charge in [0.15, 0.2) is 0 Å². The number of aromatic nitrogens is 1. The van der Waals surface area contributed by atoms with Gasteiger partial charge in [-0.3, -0.25) is 4.98 Å². The van der Waals surface area contributed by atoms with Crippen LogP contribution in [-0.4, -0.2) is 11.0 Å². The van der Waals surface area contributed by atoms with Crippen LogP contribution in [0.25, 0.3) is 0 Å². The highest BCUT2D eigenvalue weighted by molar-refractivity contribution is 9.10. The lowest BCUT2D eigenvalue weighted by Crippen LogP contribution is -2.23. The number of nitrogens with one attached hydrogen (secondary N) is 1. The summed E-state index contributed by atoms with van der Waals surface area (Å²) in [5.74, 6) is 0.951. The van der Waals surface area contributed by atoms with E-state index in [0.29, 0.717) is 6.04 Å². The molecule has 1 N–H and O–H groups in total. The number of anilines is 1. The van der Waals surface area contributed by atoms with Gasteiger partial charge in [0.1, 0.15) is 0 Å². The topological polar surface area (TPSA) is 24.9 Å². The average molecular weight is 269 g/mol. The van der Waals surface area contributed by atoms with E-state index in [-0.39, 0.29) is 0 Å². The summed E-state index contributed by atoms with van der Waals surface area (Å²) in [5, 5.41) is 3.49. The average Bonchev–Trinajstić information content (AvgIpc) is 2.11. The summed E-state index contributed by atoms with van der Waals surface area (Å²) in [4.78, 5) is 4.14. The van der Waals surface area contributed by atoms with Crippen molar-refractivity contribution < 1.29 is 0 Å². The molecule has 0 aliphatic heterocycles. The first kappa shape index (κ1) is 10.9. The SMILES string of the molecule is CC(CC1CCC1)Nc1cncc(Br)c1. The Bertz CT molecular complexity index is 323. The lowest BCUT2D eigenvalue weighted by molar-refractivity contribution is 0.286. The van der Waals surface area contributed by atoms with Crippen LogP contribution in [0.1, 0.15) is 32.6 Å². The van der Waals surface area contributed by atoms with Gasteiger partial charge in [0, 0.05) is 16.7 Å². The molecule has 2 rings (SSSR count). The second-order valence-electron chi connectivity index (χ2n) is 4.47. The fraction of sp³-hybridized carbons (Fsp3) is 0.583. The molecule has 3 heteroatoms. The predicted molar refractivity (Wildman–Crippen MR) is 67.0 cm³/mol. The lowest BCUT2D eigenvalue weighted by atomic mass is 9.81. The van der Waals surface area contributed by atoms with Gasteiger partial charge in [0.2, 0.25) is 0 Å². The molecule has 1 aromatic heterocycles. The Labute approximate surface area is 99.6 Å². The van der Waals surface area contributed by atoms with E-state index >= 15 is 0 Å². The van der Waals surface area contributed by atoms with Gasteiger partial charge >= 0.3 is 0 Å². The lowest BCUT2D eigenvalue weighted by Gasteiger charge is -2.28. The maximum Gasteiger partial charge on any atom is 0.0540 e. The van der Waals surface area contributed by atoms with Crippen molar-refractivity contribution in [2.24, 2.45) is 5.92 Å². The molecule has 0 aromatic carbocycles. The summed E-state index contributed by atoms with van der Waals surface area (Å²) in [5.41, 5.74) is 1.11. The summed E-state index contributed by atoms with van der Waals surface area (Å²) < 4.78 is 1.03. The zero-order chi connectivity index (χ0) is 10.7. The van der Waals surface area contributed by atoms with Crippen molar-refractivity contribution in [3.8, 4) is 0 Å². The zero-order valence-corrected chi connectivity index (χ0v) is 10.6. The first-order valence-electron chi connectivity index (χ1n) is 5.61. The molecular weight excluding hydrogens is 252 g/mol. The van der Waals surface area contributed by atoms with Crippen molar-refractivity contribution in [1.82, 2.24) is 4.98 Å². The van der Waals surface area contributed by atoms with Crippen LogP contribution in [0.2, 0.25) is 0 Å². The van der Waals surface area contributed by atoms with Crippen molar-refractivity contribution >= 4 is 21.6 Å². The van der Waals surface area contributed by atoms with E-state index < -0.39 is 0 Å². The van der Waals surface area contributed by atoms with Crippen LogP contribution < -0.4 is 5.32 Å². The van der Waals surface area contributed by atoms with Gasteiger partial charge in [-0.15, -0.1) is 0 Å². The van der Waals surface area contributed by atoms with E-state index in [4.69, 9.17) is 0 Å². The quantitative estimate of drug-likeness (QED) is 0.898. The van der Waals surface area contributed by atoms with Gasteiger partial charge in [0.05, 0.1) is 11.9 Å². The Morgan fingerprint density at radius 1 is 1.53 bits per heavy atom. The Kier molecular flexibility index (Phi) is 3.62. The molecular formula is C12H17BrN2. The van der Waals surface area contributed by atoms with E-state index in [0.717, 1.165) is 16.1 Å². The van der Waals surface area contributed by atoms with Gasteiger partial charge in [-0.05, 0) is 41.3 Å². The molecule has 82 valence electrons. The van der Waals surface area contributed by atoms with Crippen LogP contribution in [0.4, 0.5) is 5.69 Å². The summed E-state index contributed by atoms with van der Waals surface area (Å²) >= 11 is 3.43. The molecule has 0 bridgehead atoms. The number of hydrogen-bond acceptors (Lipinski definition) is 2. The molecule has 1 fully saturated rings. The molecule has 1 heterocycles. The van der Waals surface area contributed by atoms with Crippen molar-refractivity contribution in [3.63, 3.8) is 0 Å². The van der Waals surface area contributed by atoms with Gasteiger partial charge in [0.25, 0.3) is 0 Å². The van der Waals surface area contributed by atoms with E-state index in [1.54, 1.807) is 0 Å². The molecule has 0 radical (unpaired) electrons. The normalized spacial score (nSPS) is 18.3. The smallest absolute Gasteiger partial charge is 0.0540 e. The monoisotopic (exact) mass is 268 g/mol. The Hall–Kier alpha value is -0.570. The van der Waals surface area contributed by atoms with Crippen molar-refractivity contribution in [3.05, 3.63) is 22.9 Å². The molecule has 0 saturated heterocycles. The third-order valence-electron chi connectivity index (χ3n) is 3.03. The molecule has 0 amide bonds. The van der Waals surface area contributed by atoms with Crippen LogP contribution in [-0.2, 0) is 0 Å². The zero-order valence-electron chi connectivity index (χ0n) is 9.04. The van der Waals surface area contributed by atoms with E-state index in [2.05, 4.69) is 39.2 Å². The Morgan fingerprint density at radius 3 is 2.93 bits per heavy atom. The number of hydrogen-bond donors (Lipinski definition) is 1. The second-order valence-corrected chi connectivity index (χ2v) is 5.39. The fourth-order valence-corrected chi connectivity index (χ4v) is 2.43. The van der Waals surface area contributed by atoms with Gasteiger partial charge in [-0.25, -0.2) is 0 Å². The van der Waals surface area contributed by atoms with Crippen LogP contribution in [0, 0.1) is 5.92 Å². The number of nitrogens with zero attached hydrogens (tertiary/aromatic N) is 1. The first-order valence-corrected chi connectivity index (χ1v) is 6.40. The van der Waals surface area contributed by atoms with E-state index in [1.807, 2.05) is 12.4 Å². The molecule has 1 unspecified atom stereocenters. The maximum atomic E-state index is 4.14. The van der Waals surface area contributed by atoms with Gasteiger partial charge < -0.3 is 5.32 Å². The molecule has 2 nitrogen and oxygen atoms in total. The highest BCUT2D eigenvalue weighted by atomic mass is 79.9. The minimum absolute atomic E-state index is 0.548. The van der Waals surface area contributed by atoms with Crippen molar-refractivity contribution in [1.29, 1.82) is 0 Å². The summed E-state index contributed by atoms with van der Waals surface area (Å²) in [6.07, 6.45) is 9.23. The molecule has 1 aliphatic rings. The summed E-state index contributed by atoms with van der Waals surface area (Å²) in [7, 11) is 0. The van der Waals surface area contributed by atoms with Gasteiger partial charge in [-0.1, -0.05) is 19.3 Å². The van der Waals surface area contributed by atoms with E-state index in [9.17, 15) is 0 Å². The largest absolute Gasteiger partial charge is 0.381 e. The number of rotatable bonds is 4. The maximum absolute atomic E-state index is 4.14. The second kappa shape index (κ2) is 4.97. The van der Waals surface area contributed by atoms with E-state index in [1.165, 1.54) is 25.7 Å². The van der Waals surface area contributed by atoms with Crippen LogP contribution >= 0.6 is 15.9 Å². The molecule has 0 spiro atoms.